The number of ether oxygens (including phenoxy) is 2. The molecule has 0 fully saturated rings. The second-order valence-corrected chi connectivity index (χ2v) is 10.6. The molecular weight excluding hydrogens is 533 g/mol. The third-order valence-electron chi connectivity index (χ3n) is 6.95. The molecule has 3 aromatic carbocycles. The molecule has 8 heteroatoms. The monoisotopic (exact) mass is 571 g/mol. The van der Waals surface area contributed by atoms with Gasteiger partial charge in [-0.05, 0) is 53.4 Å². The summed E-state index contributed by atoms with van der Waals surface area (Å²) >= 11 is 0. The average molecular weight is 572 g/mol. The van der Waals surface area contributed by atoms with E-state index in [1.807, 2.05) is 62.5 Å². The Labute approximate surface area is 247 Å². The number of carbonyl (C=O) groups excluding carboxylic acids is 2. The molecule has 1 aromatic heterocycles. The van der Waals surface area contributed by atoms with Gasteiger partial charge in [0.05, 0.1) is 26.3 Å². The van der Waals surface area contributed by atoms with Gasteiger partial charge in [-0.1, -0.05) is 56.3 Å². The molecular formula is C34H38FN3O4. The molecule has 42 heavy (non-hydrogen) atoms. The number of carbonyl (C=O) groups is 2. The largest absolute Gasteiger partial charge is 0.497 e. The lowest BCUT2D eigenvalue weighted by Gasteiger charge is -2.29. The molecule has 0 saturated carbocycles. The van der Waals surface area contributed by atoms with Crippen molar-refractivity contribution in [3.8, 4) is 11.5 Å². The van der Waals surface area contributed by atoms with Gasteiger partial charge in [0.25, 0.3) is 5.91 Å². The number of halogens is 1. The predicted molar refractivity (Wildman–Crippen MR) is 161 cm³/mol. The summed E-state index contributed by atoms with van der Waals surface area (Å²) < 4.78 is 26.3. The van der Waals surface area contributed by atoms with E-state index in [0.29, 0.717) is 43.2 Å². The van der Waals surface area contributed by atoms with E-state index in [4.69, 9.17) is 9.47 Å². The molecule has 0 saturated heterocycles. The van der Waals surface area contributed by atoms with Crippen LogP contribution >= 0.6 is 0 Å². The van der Waals surface area contributed by atoms with E-state index in [1.165, 1.54) is 19.2 Å². The Balaban J connectivity index is 1.59. The van der Waals surface area contributed by atoms with Gasteiger partial charge in [-0.2, -0.15) is 0 Å². The number of rotatable bonds is 13. The molecule has 0 aliphatic heterocycles. The highest BCUT2D eigenvalue weighted by molar-refractivity contribution is 5.99. The van der Waals surface area contributed by atoms with Crippen LogP contribution in [-0.4, -0.2) is 53.5 Å². The SMILES string of the molecule is COc1ccc(C(=O)N(CC(=O)N(Cc2ccccc2)Cc2cccn2Cc2ccc(F)cc2)CC(C)C)c(OC)c1. The summed E-state index contributed by atoms with van der Waals surface area (Å²) in [6, 6.07) is 25.2. The first-order chi connectivity index (χ1) is 20.3. The minimum atomic E-state index is -0.282. The molecule has 0 bridgehead atoms. The van der Waals surface area contributed by atoms with Crippen LogP contribution in [0.25, 0.3) is 0 Å². The lowest BCUT2D eigenvalue weighted by Crippen LogP contribution is -2.44. The fourth-order valence-electron chi connectivity index (χ4n) is 4.83. The summed E-state index contributed by atoms with van der Waals surface area (Å²) in [4.78, 5) is 31.1. The number of methoxy groups -OCH3 is 2. The Bertz CT molecular complexity index is 1470. The van der Waals surface area contributed by atoms with Crippen LogP contribution in [0, 0.1) is 11.7 Å². The van der Waals surface area contributed by atoms with Crippen LogP contribution in [-0.2, 0) is 24.4 Å². The van der Waals surface area contributed by atoms with Crippen molar-refractivity contribution >= 4 is 11.8 Å². The van der Waals surface area contributed by atoms with Crippen LogP contribution in [0.4, 0.5) is 4.39 Å². The van der Waals surface area contributed by atoms with Gasteiger partial charge in [-0.25, -0.2) is 4.39 Å². The Kier molecular flexibility index (Phi) is 10.4. The molecule has 1 heterocycles. The minimum Gasteiger partial charge on any atom is -0.497 e. The third-order valence-corrected chi connectivity index (χ3v) is 6.95. The number of amides is 2. The predicted octanol–water partition coefficient (Wildman–Crippen LogP) is 6.02. The first-order valence-electron chi connectivity index (χ1n) is 14.0. The van der Waals surface area contributed by atoms with E-state index in [0.717, 1.165) is 16.8 Å². The molecule has 0 radical (unpaired) electrons. The molecule has 0 aliphatic carbocycles. The molecule has 7 nitrogen and oxygen atoms in total. The van der Waals surface area contributed by atoms with E-state index >= 15 is 0 Å². The summed E-state index contributed by atoms with van der Waals surface area (Å²) in [6.45, 7) is 5.62. The highest BCUT2D eigenvalue weighted by atomic mass is 19.1. The van der Waals surface area contributed by atoms with E-state index in [2.05, 4.69) is 4.57 Å². The first kappa shape index (κ1) is 30.4. The molecule has 2 amide bonds. The topological polar surface area (TPSA) is 64.0 Å². The summed E-state index contributed by atoms with van der Waals surface area (Å²) in [5, 5.41) is 0. The molecule has 0 aliphatic rings. The van der Waals surface area contributed by atoms with Crippen LogP contribution < -0.4 is 9.47 Å². The zero-order valence-corrected chi connectivity index (χ0v) is 24.6. The van der Waals surface area contributed by atoms with Crippen molar-refractivity contribution in [1.29, 1.82) is 0 Å². The molecule has 0 unspecified atom stereocenters. The summed E-state index contributed by atoms with van der Waals surface area (Å²) in [5.41, 5.74) is 3.25. The van der Waals surface area contributed by atoms with Gasteiger partial charge in [0.15, 0.2) is 0 Å². The first-order valence-corrected chi connectivity index (χ1v) is 14.0. The zero-order valence-electron chi connectivity index (χ0n) is 24.6. The number of benzene rings is 3. The van der Waals surface area contributed by atoms with Gasteiger partial charge in [-0.3, -0.25) is 9.59 Å². The highest BCUT2D eigenvalue weighted by Gasteiger charge is 2.26. The maximum Gasteiger partial charge on any atom is 0.258 e. The van der Waals surface area contributed by atoms with Crippen LogP contribution in [0.2, 0.25) is 0 Å². The molecule has 0 atom stereocenters. The summed E-state index contributed by atoms with van der Waals surface area (Å²) in [6.07, 6.45) is 1.95. The van der Waals surface area contributed by atoms with Gasteiger partial charge >= 0.3 is 0 Å². The molecule has 4 rings (SSSR count). The Morgan fingerprint density at radius 2 is 1.57 bits per heavy atom. The standard InChI is InChI=1S/C34H38FN3O4/c1-25(2)20-38(34(40)31-17-16-30(41-3)19-32(31)42-4)24-33(39)37(22-26-9-6-5-7-10-26)23-29-11-8-18-36(29)21-27-12-14-28(35)15-13-27/h5-19,25H,20-24H2,1-4H3. The number of aromatic nitrogens is 1. The second-order valence-electron chi connectivity index (χ2n) is 10.6. The van der Waals surface area contributed by atoms with Gasteiger partial charge in [0, 0.05) is 37.6 Å². The average Bonchev–Trinajstić information content (AvgIpc) is 3.43. The normalized spacial score (nSPS) is 10.9. The molecule has 220 valence electrons. The lowest BCUT2D eigenvalue weighted by molar-refractivity contribution is -0.133. The van der Waals surface area contributed by atoms with E-state index in [9.17, 15) is 14.0 Å². The quantitative estimate of drug-likeness (QED) is 0.197. The Morgan fingerprint density at radius 3 is 2.24 bits per heavy atom. The maximum absolute atomic E-state index is 14.0. The maximum atomic E-state index is 14.0. The Hall–Kier alpha value is -4.59. The van der Waals surface area contributed by atoms with Crippen molar-refractivity contribution in [3.05, 3.63) is 119 Å². The van der Waals surface area contributed by atoms with Crippen molar-refractivity contribution in [2.75, 3.05) is 27.3 Å². The smallest absolute Gasteiger partial charge is 0.258 e. The molecule has 4 aromatic rings. The fraction of sp³-hybridized carbons (Fsp3) is 0.294. The highest BCUT2D eigenvalue weighted by Crippen LogP contribution is 2.26. The van der Waals surface area contributed by atoms with Gasteiger partial charge in [0.2, 0.25) is 5.91 Å². The van der Waals surface area contributed by atoms with E-state index in [1.54, 1.807) is 47.2 Å². The van der Waals surface area contributed by atoms with Crippen molar-refractivity contribution in [2.45, 2.75) is 33.5 Å². The van der Waals surface area contributed by atoms with E-state index in [-0.39, 0.29) is 30.1 Å². The molecule has 0 spiro atoms. The number of hydrogen-bond acceptors (Lipinski definition) is 4. The van der Waals surface area contributed by atoms with Crippen LogP contribution in [0.15, 0.2) is 91.1 Å². The van der Waals surface area contributed by atoms with Crippen molar-refractivity contribution in [2.24, 2.45) is 5.92 Å². The fourth-order valence-corrected chi connectivity index (χ4v) is 4.83. The third kappa shape index (κ3) is 8.00. The van der Waals surface area contributed by atoms with Gasteiger partial charge in [0.1, 0.15) is 23.9 Å². The lowest BCUT2D eigenvalue weighted by atomic mass is 10.1. The minimum absolute atomic E-state index is 0.0856. The van der Waals surface area contributed by atoms with Crippen LogP contribution in [0.5, 0.6) is 11.5 Å². The summed E-state index contributed by atoms with van der Waals surface area (Å²) in [5.74, 6) is 0.374. The Morgan fingerprint density at radius 1 is 0.833 bits per heavy atom. The van der Waals surface area contributed by atoms with Crippen molar-refractivity contribution in [1.82, 2.24) is 14.4 Å². The van der Waals surface area contributed by atoms with Crippen LogP contribution in [0.1, 0.15) is 41.0 Å². The second kappa shape index (κ2) is 14.3. The van der Waals surface area contributed by atoms with Crippen molar-refractivity contribution < 1.29 is 23.5 Å². The zero-order chi connectivity index (χ0) is 30.1. The summed E-state index contributed by atoms with van der Waals surface area (Å²) in [7, 11) is 3.06. The van der Waals surface area contributed by atoms with Gasteiger partial charge in [-0.15, -0.1) is 0 Å². The van der Waals surface area contributed by atoms with E-state index < -0.39 is 0 Å². The number of nitrogens with zero attached hydrogens (tertiary/aromatic N) is 3. The van der Waals surface area contributed by atoms with Crippen LogP contribution in [0.3, 0.4) is 0 Å². The van der Waals surface area contributed by atoms with Gasteiger partial charge < -0.3 is 23.8 Å². The van der Waals surface area contributed by atoms with Crippen molar-refractivity contribution in [3.63, 3.8) is 0 Å². The number of hydrogen-bond donors (Lipinski definition) is 0. The molecule has 0 N–H and O–H groups in total.